The summed E-state index contributed by atoms with van der Waals surface area (Å²) < 4.78 is 0. The van der Waals surface area contributed by atoms with Crippen molar-refractivity contribution in [3.8, 4) is 0 Å². The average molecular weight is 125 g/mol. The molecular weight excluding hydrogens is 118 g/mol. The van der Waals surface area contributed by atoms with Gasteiger partial charge in [-0.1, -0.05) is 0 Å². The maximum atomic E-state index is 6.61. The van der Waals surface area contributed by atoms with Crippen LogP contribution in [0.3, 0.4) is 0 Å². The largest absolute Gasteiger partial charge is 0.346 e. The number of aromatic nitrogens is 1. The van der Waals surface area contributed by atoms with Crippen LogP contribution in [0.25, 0.3) is 0 Å². The highest BCUT2D eigenvalue weighted by molar-refractivity contribution is 5.59. The molecule has 5 heteroatoms. The van der Waals surface area contributed by atoms with Gasteiger partial charge in [-0.2, -0.15) is 5.11 Å². The minimum atomic E-state index is 0.512. The molecule has 0 aliphatic carbocycles. The number of hydrogen-bond donors (Lipinski definition) is 4. The number of aromatic amines is 1. The smallest absolute Gasteiger partial charge is 0.145 e. The number of anilines is 1. The number of nitrogens with one attached hydrogen (secondary N) is 3. The fourth-order valence-corrected chi connectivity index (χ4v) is 0.570. The lowest BCUT2D eigenvalue weighted by atomic mass is 10.5. The van der Waals surface area contributed by atoms with Gasteiger partial charge in [0, 0.05) is 6.20 Å². The summed E-state index contributed by atoms with van der Waals surface area (Å²) in [7, 11) is 0. The Kier molecular flexibility index (Phi) is 1.46. The number of hydrogen-bond acceptors (Lipinski definition) is 4. The zero-order chi connectivity index (χ0) is 6.69. The molecule has 48 valence electrons. The molecule has 1 rings (SSSR count). The predicted octanol–water partition coefficient (Wildman–Crippen LogP) is 0.963. The van der Waals surface area contributed by atoms with Gasteiger partial charge in [-0.05, 0) is 6.07 Å². The summed E-state index contributed by atoms with van der Waals surface area (Å²) in [6, 6.07) is 1.65. The van der Waals surface area contributed by atoms with Crippen LogP contribution >= 0.6 is 0 Å². The highest BCUT2D eigenvalue weighted by Crippen LogP contribution is 2.20. The summed E-state index contributed by atoms with van der Waals surface area (Å²) in [6.45, 7) is 0. The first-order chi connectivity index (χ1) is 4.38. The van der Waals surface area contributed by atoms with Gasteiger partial charge in [0.1, 0.15) is 11.5 Å². The summed E-state index contributed by atoms with van der Waals surface area (Å²) in [5.74, 6) is 5.61. The summed E-state index contributed by atoms with van der Waals surface area (Å²) in [5.41, 5.74) is 9.48. The average Bonchev–Trinajstić information content (AvgIpc) is 2.33. The van der Waals surface area contributed by atoms with Gasteiger partial charge >= 0.3 is 0 Å². The second-order valence-electron chi connectivity index (χ2n) is 1.49. The van der Waals surface area contributed by atoms with Crippen LogP contribution in [-0.2, 0) is 0 Å². The molecule has 1 aromatic rings. The van der Waals surface area contributed by atoms with Crippen LogP contribution in [0.1, 0.15) is 0 Å². The minimum absolute atomic E-state index is 0.512. The lowest BCUT2D eigenvalue weighted by Crippen LogP contribution is -2.06. The van der Waals surface area contributed by atoms with E-state index in [4.69, 9.17) is 11.4 Å². The Morgan fingerprint density at radius 1 is 1.78 bits per heavy atom. The standard InChI is InChI=1S/C4H7N5/c5-8-3-1-2-7-4(3)9-6/h1-2,5,7,9H,6H2. The van der Waals surface area contributed by atoms with Crippen LogP contribution in [0.2, 0.25) is 0 Å². The van der Waals surface area contributed by atoms with Crippen LogP contribution in [0, 0.1) is 5.53 Å². The predicted molar refractivity (Wildman–Crippen MR) is 33.4 cm³/mol. The van der Waals surface area contributed by atoms with Crippen LogP contribution in [-0.4, -0.2) is 4.98 Å². The summed E-state index contributed by atoms with van der Waals surface area (Å²) in [4.78, 5) is 2.76. The van der Waals surface area contributed by atoms with Crippen molar-refractivity contribution in [2.24, 2.45) is 11.0 Å². The number of hydrazine groups is 1. The Labute approximate surface area is 51.7 Å². The van der Waals surface area contributed by atoms with Crippen molar-refractivity contribution in [1.82, 2.24) is 4.98 Å². The maximum absolute atomic E-state index is 6.61. The molecular formula is C4H7N5. The van der Waals surface area contributed by atoms with Crippen molar-refractivity contribution in [2.75, 3.05) is 5.43 Å². The van der Waals surface area contributed by atoms with Gasteiger partial charge in [-0.3, -0.25) is 0 Å². The monoisotopic (exact) mass is 125 g/mol. The van der Waals surface area contributed by atoms with Gasteiger partial charge in [0.25, 0.3) is 0 Å². The van der Waals surface area contributed by atoms with Gasteiger partial charge < -0.3 is 10.4 Å². The molecule has 1 aromatic heterocycles. The Bertz CT molecular complexity index is 202. The van der Waals surface area contributed by atoms with Crippen molar-refractivity contribution >= 4 is 11.5 Å². The SMILES string of the molecule is N=Nc1cc[nH]c1NN. The first-order valence-electron chi connectivity index (χ1n) is 2.40. The van der Waals surface area contributed by atoms with Gasteiger partial charge in [-0.25, -0.2) is 11.4 Å². The van der Waals surface area contributed by atoms with Crippen molar-refractivity contribution in [3.05, 3.63) is 12.3 Å². The lowest BCUT2D eigenvalue weighted by Gasteiger charge is -1.92. The summed E-state index contributed by atoms with van der Waals surface area (Å²) in [5, 5.41) is 3.18. The van der Waals surface area contributed by atoms with E-state index in [1.807, 2.05) is 0 Å². The highest BCUT2D eigenvalue weighted by atomic mass is 15.3. The maximum Gasteiger partial charge on any atom is 0.145 e. The van der Waals surface area contributed by atoms with E-state index in [9.17, 15) is 0 Å². The van der Waals surface area contributed by atoms with Gasteiger partial charge in [0.05, 0.1) is 0 Å². The molecule has 0 aliphatic rings. The van der Waals surface area contributed by atoms with Gasteiger partial charge in [0.15, 0.2) is 0 Å². The van der Waals surface area contributed by atoms with E-state index < -0.39 is 0 Å². The van der Waals surface area contributed by atoms with Crippen LogP contribution in [0.4, 0.5) is 11.5 Å². The second kappa shape index (κ2) is 2.27. The molecule has 0 saturated heterocycles. The molecule has 0 atom stereocenters. The first-order valence-corrected chi connectivity index (χ1v) is 2.40. The van der Waals surface area contributed by atoms with E-state index in [1.165, 1.54) is 0 Å². The van der Waals surface area contributed by atoms with E-state index in [1.54, 1.807) is 12.3 Å². The molecule has 5 nitrogen and oxygen atoms in total. The van der Waals surface area contributed by atoms with Crippen LogP contribution < -0.4 is 11.3 Å². The molecule has 0 aromatic carbocycles. The number of nitrogens with zero attached hydrogens (tertiary/aromatic N) is 1. The third kappa shape index (κ3) is 0.895. The topological polar surface area (TPSA) is 90.0 Å². The number of H-pyrrole nitrogens is 1. The quantitative estimate of drug-likeness (QED) is 0.269. The molecule has 0 aliphatic heterocycles. The van der Waals surface area contributed by atoms with Crippen LogP contribution in [0.5, 0.6) is 0 Å². The van der Waals surface area contributed by atoms with E-state index in [0.29, 0.717) is 11.5 Å². The van der Waals surface area contributed by atoms with Crippen molar-refractivity contribution < 1.29 is 0 Å². The fraction of sp³-hybridized carbons (Fsp3) is 0. The number of nitrogen functional groups attached to an aromatic ring is 1. The minimum Gasteiger partial charge on any atom is -0.346 e. The van der Waals surface area contributed by atoms with E-state index in [-0.39, 0.29) is 0 Å². The van der Waals surface area contributed by atoms with E-state index in [0.717, 1.165) is 0 Å². The molecule has 0 saturated carbocycles. The Balaban J connectivity index is 2.98. The van der Waals surface area contributed by atoms with Crippen molar-refractivity contribution in [3.63, 3.8) is 0 Å². The molecule has 0 bridgehead atoms. The molecule has 0 radical (unpaired) electrons. The Hall–Kier alpha value is -1.36. The highest BCUT2D eigenvalue weighted by Gasteiger charge is 1.96. The molecule has 0 unspecified atom stereocenters. The molecule has 0 amide bonds. The van der Waals surface area contributed by atoms with E-state index >= 15 is 0 Å². The summed E-state index contributed by atoms with van der Waals surface area (Å²) in [6.07, 6.45) is 1.66. The van der Waals surface area contributed by atoms with Crippen molar-refractivity contribution in [1.29, 1.82) is 5.53 Å². The molecule has 0 fully saturated rings. The molecule has 1 heterocycles. The van der Waals surface area contributed by atoms with Gasteiger partial charge in [0.2, 0.25) is 0 Å². The zero-order valence-electron chi connectivity index (χ0n) is 4.68. The van der Waals surface area contributed by atoms with Gasteiger partial charge in [-0.15, -0.1) is 0 Å². The van der Waals surface area contributed by atoms with Crippen molar-refractivity contribution in [2.45, 2.75) is 0 Å². The zero-order valence-corrected chi connectivity index (χ0v) is 4.68. The normalized spacial score (nSPS) is 9.00. The molecule has 0 spiro atoms. The lowest BCUT2D eigenvalue weighted by molar-refractivity contribution is 1.14. The second-order valence-corrected chi connectivity index (χ2v) is 1.49. The number of rotatable bonds is 2. The molecule has 9 heavy (non-hydrogen) atoms. The first kappa shape index (κ1) is 5.77. The van der Waals surface area contributed by atoms with E-state index in [2.05, 4.69) is 15.5 Å². The number of nitrogens with two attached hydrogens (primary N) is 1. The third-order valence-corrected chi connectivity index (χ3v) is 0.990. The molecule has 5 N–H and O–H groups in total. The third-order valence-electron chi connectivity index (χ3n) is 0.990. The Morgan fingerprint density at radius 3 is 3.00 bits per heavy atom. The van der Waals surface area contributed by atoms with Crippen LogP contribution in [0.15, 0.2) is 17.4 Å². The fourth-order valence-electron chi connectivity index (χ4n) is 0.570. The summed E-state index contributed by atoms with van der Waals surface area (Å²) >= 11 is 0. The Morgan fingerprint density at radius 2 is 2.56 bits per heavy atom.